The largest absolute Gasteiger partial charge is 0.381 e. The number of nitrogens with one attached hydrogen (secondary N) is 2. The number of halogens is 2. The minimum atomic E-state index is -0.824. The van der Waals surface area contributed by atoms with Crippen molar-refractivity contribution in [3.63, 3.8) is 0 Å². The molecule has 0 heterocycles. The molecular formula is C15H20ClFN2O3. The molecule has 0 unspecified atom stereocenters. The summed E-state index contributed by atoms with van der Waals surface area (Å²) in [6.07, 6.45) is 2.71. The van der Waals surface area contributed by atoms with Crippen molar-refractivity contribution in [2.24, 2.45) is 0 Å². The Morgan fingerprint density at radius 3 is 2.64 bits per heavy atom. The van der Waals surface area contributed by atoms with E-state index in [0.29, 0.717) is 26.2 Å². The van der Waals surface area contributed by atoms with Gasteiger partial charge in [-0.25, -0.2) is 4.39 Å². The molecule has 0 fully saturated rings. The van der Waals surface area contributed by atoms with Crippen LogP contribution in [0.1, 0.15) is 26.2 Å². The standard InChI is InChI=1S/C15H20ClFN2O3/c1-2-3-8-22-9-4-7-18-14(20)15(21)19-11-5-6-13(17)12(16)10-11/h5-6,10H,2-4,7-9H2,1H3,(H,18,20)(H,19,21). The summed E-state index contributed by atoms with van der Waals surface area (Å²) >= 11 is 5.59. The molecule has 0 spiro atoms. The summed E-state index contributed by atoms with van der Waals surface area (Å²) in [5, 5.41) is 4.70. The number of hydrogen-bond donors (Lipinski definition) is 2. The highest BCUT2D eigenvalue weighted by Gasteiger charge is 2.13. The van der Waals surface area contributed by atoms with Gasteiger partial charge in [0.1, 0.15) is 5.82 Å². The molecule has 5 nitrogen and oxygen atoms in total. The number of ether oxygens (including phenoxy) is 1. The van der Waals surface area contributed by atoms with Gasteiger partial charge < -0.3 is 15.4 Å². The summed E-state index contributed by atoms with van der Waals surface area (Å²) in [6.45, 7) is 3.67. The van der Waals surface area contributed by atoms with Crippen LogP contribution in [-0.2, 0) is 14.3 Å². The summed E-state index contributed by atoms with van der Waals surface area (Å²) in [6, 6.07) is 3.68. The predicted molar refractivity (Wildman–Crippen MR) is 83.4 cm³/mol. The molecule has 1 aromatic carbocycles. The third kappa shape index (κ3) is 6.87. The molecule has 122 valence electrons. The molecule has 1 aromatic rings. The fourth-order valence-electron chi connectivity index (χ4n) is 1.57. The molecule has 0 saturated heterocycles. The Balaban J connectivity index is 2.24. The van der Waals surface area contributed by atoms with Crippen molar-refractivity contribution in [2.75, 3.05) is 25.1 Å². The monoisotopic (exact) mass is 330 g/mol. The lowest BCUT2D eigenvalue weighted by Crippen LogP contribution is -2.36. The molecule has 22 heavy (non-hydrogen) atoms. The van der Waals surface area contributed by atoms with Crippen LogP contribution in [0.2, 0.25) is 5.02 Å². The highest BCUT2D eigenvalue weighted by atomic mass is 35.5. The Morgan fingerprint density at radius 1 is 1.23 bits per heavy atom. The van der Waals surface area contributed by atoms with Gasteiger partial charge in [0.2, 0.25) is 0 Å². The number of benzene rings is 1. The first-order valence-corrected chi connectivity index (χ1v) is 7.54. The smallest absolute Gasteiger partial charge is 0.313 e. The summed E-state index contributed by atoms with van der Waals surface area (Å²) in [5.74, 6) is -2.17. The van der Waals surface area contributed by atoms with Crippen molar-refractivity contribution in [1.29, 1.82) is 0 Å². The van der Waals surface area contributed by atoms with Gasteiger partial charge in [0.25, 0.3) is 0 Å². The Kier molecular flexibility index (Phi) is 8.47. The molecular weight excluding hydrogens is 311 g/mol. The van der Waals surface area contributed by atoms with Crippen LogP contribution in [0.25, 0.3) is 0 Å². The number of unbranched alkanes of at least 4 members (excludes halogenated alkanes) is 1. The van der Waals surface area contributed by atoms with Gasteiger partial charge in [0, 0.05) is 25.4 Å². The van der Waals surface area contributed by atoms with Crippen molar-refractivity contribution in [3.05, 3.63) is 29.0 Å². The number of hydrogen-bond acceptors (Lipinski definition) is 3. The summed E-state index contributed by atoms with van der Waals surface area (Å²) in [4.78, 5) is 23.2. The van der Waals surface area contributed by atoms with Crippen molar-refractivity contribution in [1.82, 2.24) is 5.32 Å². The maximum atomic E-state index is 13.0. The molecule has 2 amide bonds. The van der Waals surface area contributed by atoms with E-state index in [1.807, 2.05) is 0 Å². The molecule has 0 aliphatic heterocycles. The lowest BCUT2D eigenvalue weighted by atomic mass is 10.3. The molecule has 0 aliphatic rings. The van der Waals surface area contributed by atoms with Gasteiger partial charge >= 0.3 is 11.8 Å². The first-order valence-electron chi connectivity index (χ1n) is 7.16. The fraction of sp³-hybridized carbons (Fsp3) is 0.467. The zero-order valence-electron chi connectivity index (χ0n) is 12.5. The molecule has 0 aromatic heterocycles. The van der Waals surface area contributed by atoms with E-state index in [4.69, 9.17) is 16.3 Å². The van der Waals surface area contributed by atoms with E-state index in [2.05, 4.69) is 17.6 Å². The lowest BCUT2D eigenvalue weighted by Gasteiger charge is -2.07. The van der Waals surface area contributed by atoms with E-state index in [1.54, 1.807) is 0 Å². The highest BCUT2D eigenvalue weighted by molar-refractivity contribution is 6.39. The van der Waals surface area contributed by atoms with Crippen LogP contribution < -0.4 is 10.6 Å². The normalized spacial score (nSPS) is 10.3. The van der Waals surface area contributed by atoms with E-state index in [1.165, 1.54) is 12.1 Å². The van der Waals surface area contributed by atoms with Gasteiger partial charge in [-0.2, -0.15) is 0 Å². The van der Waals surface area contributed by atoms with E-state index in [9.17, 15) is 14.0 Å². The highest BCUT2D eigenvalue weighted by Crippen LogP contribution is 2.19. The molecule has 2 N–H and O–H groups in total. The van der Waals surface area contributed by atoms with E-state index < -0.39 is 17.6 Å². The quantitative estimate of drug-likeness (QED) is 0.569. The van der Waals surface area contributed by atoms with E-state index in [0.717, 1.165) is 18.9 Å². The van der Waals surface area contributed by atoms with Gasteiger partial charge in [-0.1, -0.05) is 24.9 Å². The average Bonchev–Trinajstić information content (AvgIpc) is 2.49. The fourth-order valence-corrected chi connectivity index (χ4v) is 1.75. The number of amides is 2. The average molecular weight is 331 g/mol. The second-order valence-electron chi connectivity index (χ2n) is 4.66. The summed E-state index contributed by atoms with van der Waals surface area (Å²) in [7, 11) is 0. The molecule has 0 aliphatic carbocycles. The predicted octanol–water partition coefficient (Wildman–Crippen LogP) is 2.74. The molecule has 0 bridgehead atoms. The Bertz CT molecular complexity index is 512. The van der Waals surface area contributed by atoms with Crippen LogP contribution in [0.3, 0.4) is 0 Å². The minimum absolute atomic E-state index is 0.123. The summed E-state index contributed by atoms with van der Waals surface area (Å²) in [5.41, 5.74) is 0.259. The van der Waals surface area contributed by atoms with Gasteiger partial charge in [0.15, 0.2) is 0 Å². The first kappa shape index (κ1) is 18.4. The summed E-state index contributed by atoms with van der Waals surface area (Å²) < 4.78 is 18.3. The van der Waals surface area contributed by atoms with Crippen LogP contribution in [0.15, 0.2) is 18.2 Å². The van der Waals surface area contributed by atoms with Crippen molar-refractivity contribution < 1.29 is 18.7 Å². The second-order valence-corrected chi connectivity index (χ2v) is 5.07. The van der Waals surface area contributed by atoms with Crippen molar-refractivity contribution >= 4 is 29.1 Å². The van der Waals surface area contributed by atoms with Crippen LogP contribution in [0.4, 0.5) is 10.1 Å². The molecule has 1 rings (SSSR count). The van der Waals surface area contributed by atoms with Gasteiger partial charge in [0.05, 0.1) is 5.02 Å². The van der Waals surface area contributed by atoms with Crippen molar-refractivity contribution in [2.45, 2.75) is 26.2 Å². The zero-order valence-corrected chi connectivity index (χ0v) is 13.2. The van der Waals surface area contributed by atoms with Crippen LogP contribution in [0.5, 0.6) is 0 Å². The number of carbonyl (C=O) groups excluding carboxylic acids is 2. The SMILES string of the molecule is CCCCOCCCNC(=O)C(=O)Nc1ccc(F)c(Cl)c1. The van der Waals surface area contributed by atoms with E-state index in [-0.39, 0.29) is 10.7 Å². The van der Waals surface area contributed by atoms with Gasteiger partial charge in [-0.3, -0.25) is 9.59 Å². The van der Waals surface area contributed by atoms with Crippen LogP contribution in [-0.4, -0.2) is 31.6 Å². The Morgan fingerprint density at radius 2 is 1.95 bits per heavy atom. The molecule has 7 heteroatoms. The van der Waals surface area contributed by atoms with Crippen LogP contribution >= 0.6 is 11.6 Å². The molecule has 0 atom stereocenters. The topological polar surface area (TPSA) is 67.4 Å². The zero-order chi connectivity index (χ0) is 16.4. The van der Waals surface area contributed by atoms with Crippen molar-refractivity contribution in [3.8, 4) is 0 Å². The lowest BCUT2D eigenvalue weighted by molar-refractivity contribution is -0.136. The first-order chi connectivity index (χ1) is 10.5. The minimum Gasteiger partial charge on any atom is -0.381 e. The third-order valence-corrected chi connectivity index (χ3v) is 3.07. The number of carbonyl (C=O) groups is 2. The van der Waals surface area contributed by atoms with Crippen LogP contribution in [0, 0.1) is 5.82 Å². The maximum absolute atomic E-state index is 13.0. The maximum Gasteiger partial charge on any atom is 0.313 e. The Hall–Kier alpha value is -1.66. The second kappa shape index (κ2) is 10.1. The Labute approximate surface area is 134 Å². The number of anilines is 1. The van der Waals surface area contributed by atoms with E-state index >= 15 is 0 Å². The molecule has 0 radical (unpaired) electrons. The van der Waals surface area contributed by atoms with Gasteiger partial charge in [-0.05, 0) is 31.0 Å². The molecule has 0 saturated carbocycles. The van der Waals surface area contributed by atoms with Gasteiger partial charge in [-0.15, -0.1) is 0 Å². The third-order valence-electron chi connectivity index (χ3n) is 2.78. The number of rotatable bonds is 8.